The van der Waals surface area contributed by atoms with E-state index in [0.717, 1.165) is 43.2 Å². The molecule has 0 bridgehead atoms. The second-order valence-corrected chi connectivity index (χ2v) is 5.60. The third kappa shape index (κ3) is 2.86. The lowest BCUT2D eigenvalue weighted by atomic mass is 10.1. The van der Waals surface area contributed by atoms with Crippen LogP contribution in [-0.2, 0) is 0 Å². The van der Waals surface area contributed by atoms with Crippen molar-refractivity contribution >= 4 is 11.4 Å². The molecule has 1 saturated heterocycles. The van der Waals surface area contributed by atoms with Gasteiger partial charge in [0.1, 0.15) is 11.6 Å². The average Bonchev–Trinajstić information content (AvgIpc) is 2.55. The van der Waals surface area contributed by atoms with E-state index in [9.17, 15) is 4.39 Å². The third-order valence-corrected chi connectivity index (χ3v) is 4.15. The highest BCUT2D eigenvalue weighted by Crippen LogP contribution is 2.29. The standard InChI is InChI=1S/C18H21FN2O/c1-14-7-8-16(15(19)13-14)20-9-11-21(12-10-20)17-5-3-4-6-18(17)22-2/h3-8,13H,9-12H2,1-2H3. The summed E-state index contributed by atoms with van der Waals surface area (Å²) in [6, 6.07) is 13.5. The highest BCUT2D eigenvalue weighted by molar-refractivity contribution is 5.60. The number of methoxy groups -OCH3 is 1. The molecule has 0 saturated carbocycles. The zero-order chi connectivity index (χ0) is 15.5. The summed E-state index contributed by atoms with van der Waals surface area (Å²) in [4.78, 5) is 4.40. The molecule has 3 nitrogen and oxygen atoms in total. The van der Waals surface area contributed by atoms with E-state index in [1.807, 2.05) is 37.3 Å². The first-order chi connectivity index (χ1) is 10.7. The molecule has 4 heteroatoms. The minimum Gasteiger partial charge on any atom is -0.495 e. The van der Waals surface area contributed by atoms with Crippen LogP contribution < -0.4 is 14.5 Å². The molecular weight excluding hydrogens is 279 g/mol. The van der Waals surface area contributed by atoms with E-state index in [1.165, 1.54) is 0 Å². The zero-order valence-corrected chi connectivity index (χ0v) is 13.1. The van der Waals surface area contributed by atoms with Crippen LogP contribution in [0.1, 0.15) is 5.56 Å². The second-order valence-electron chi connectivity index (χ2n) is 5.60. The van der Waals surface area contributed by atoms with Gasteiger partial charge in [0.05, 0.1) is 18.5 Å². The van der Waals surface area contributed by atoms with Gasteiger partial charge in [0, 0.05) is 26.2 Å². The van der Waals surface area contributed by atoms with Crippen molar-refractivity contribution in [1.82, 2.24) is 0 Å². The molecule has 22 heavy (non-hydrogen) atoms. The molecule has 1 aliphatic rings. The lowest BCUT2D eigenvalue weighted by Gasteiger charge is -2.38. The number of halogens is 1. The first-order valence-corrected chi connectivity index (χ1v) is 7.58. The minimum absolute atomic E-state index is 0.134. The Morgan fingerprint density at radius 3 is 2.18 bits per heavy atom. The molecule has 0 atom stereocenters. The van der Waals surface area contributed by atoms with Crippen LogP contribution in [0.5, 0.6) is 5.75 Å². The Balaban J connectivity index is 1.72. The molecule has 0 aromatic heterocycles. The van der Waals surface area contributed by atoms with Crippen molar-refractivity contribution in [2.45, 2.75) is 6.92 Å². The van der Waals surface area contributed by atoms with Crippen LogP contribution in [0.4, 0.5) is 15.8 Å². The fraction of sp³-hybridized carbons (Fsp3) is 0.333. The van der Waals surface area contributed by atoms with E-state index in [4.69, 9.17) is 4.74 Å². The van der Waals surface area contributed by atoms with Gasteiger partial charge >= 0.3 is 0 Å². The van der Waals surface area contributed by atoms with Crippen molar-refractivity contribution in [1.29, 1.82) is 0 Å². The van der Waals surface area contributed by atoms with Crippen LogP contribution >= 0.6 is 0 Å². The van der Waals surface area contributed by atoms with Crippen LogP contribution in [-0.4, -0.2) is 33.3 Å². The van der Waals surface area contributed by atoms with Gasteiger partial charge in [0.25, 0.3) is 0 Å². The predicted molar refractivity (Wildman–Crippen MR) is 88.6 cm³/mol. The van der Waals surface area contributed by atoms with Crippen LogP contribution in [0.25, 0.3) is 0 Å². The lowest BCUT2D eigenvalue weighted by Crippen LogP contribution is -2.46. The van der Waals surface area contributed by atoms with Gasteiger partial charge in [-0.25, -0.2) is 4.39 Å². The number of benzene rings is 2. The molecular formula is C18H21FN2O. The van der Waals surface area contributed by atoms with Gasteiger partial charge in [-0.3, -0.25) is 0 Å². The zero-order valence-electron chi connectivity index (χ0n) is 13.1. The van der Waals surface area contributed by atoms with E-state index >= 15 is 0 Å². The Hall–Kier alpha value is -2.23. The Kier molecular flexibility index (Phi) is 4.18. The number of hydrogen-bond acceptors (Lipinski definition) is 3. The van der Waals surface area contributed by atoms with E-state index < -0.39 is 0 Å². The fourth-order valence-corrected chi connectivity index (χ4v) is 2.95. The monoisotopic (exact) mass is 300 g/mol. The van der Waals surface area contributed by atoms with E-state index in [1.54, 1.807) is 13.2 Å². The smallest absolute Gasteiger partial charge is 0.146 e. The quantitative estimate of drug-likeness (QED) is 0.863. The first kappa shape index (κ1) is 14.7. The maximum absolute atomic E-state index is 14.1. The molecule has 0 amide bonds. The first-order valence-electron chi connectivity index (χ1n) is 7.58. The van der Waals surface area contributed by atoms with Crippen molar-refractivity contribution in [2.24, 2.45) is 0 Å². The van der Waals surface area contributed by atoms with Crippen molar-refractivity contribution in [2.75, 3.05) is 43.1 Å². The summed E-state index contributed by atoms with van der Waals surface area (Å²) in [5, 5.41) is 0. The Morgan fingerprint density at radius 1 is 0.909 bits per heavy atom. The van der Waals surface area contributed by atoms with Crippen LogP contribution in [0.15, 0.2) is 42.5 Å². The van der Waals surface area contributed by atoms with Gasteiger partial charge in [0.15, 0.2) is 0 Å². The summed E-state index contributed by atoms with van der Waals surface area (Å²) in [6.07, 6.45) is 0. The molecule has 1 heterocycles. The van der Waals surface area contributed by atoms with Gasteiger partial charge in [-0.1, -0.05) is 18.2 Å². The highest BCUT2D eigenvalue weighted by Gasteiger charge is 2.21. The van der Waals surface area contributed by atoms with Crippen molar-refractivity contribution in [3.8, 4) is 5.75 Å². The summed E-state index contributed by atoms with van der Waals surface area (Å²) in [5.41, 5.74) is 2.76. The van der Waals surface area contributed by atoms with Gasteiger partial charge < -0.3 is 14.5 Å². The predicted octanol–water partition coefficient (Wildman–Crippen LogP) is 3.47. The van der Waals surface area contributed by atoms with Crippen LogP contribution in [0, 0.1) is 12.7 Å². The van der Waals surface area contributed by atoms with E-state index in [2.05, 4.69) is 15.9 Å². The number of aryl methyl sites for hydroxylation is 1. The van der Waals surface area contributed by atoms with E-state index in [-0.39, 0.29) is 5.82 Å². The summed E-state index contributed by atoms with van der Waals surface area (Å²) < 4.78 is 19.5. The summed E-state index contributed by atoms with van der Waals surface area (Å²) in [6.45, 7) is 5.23. The summed E-state index contributed by atoms with van der Waals surface area (Å²) >= 11 is 0. The molecule has 116 valence electrons. The highest BCUT2D eigenvalue weighted by atomic mass is 19.1. The molecule has 0 unspecified atom stereocenters. The number of rotatable bonds is 3. The van der Waals surface area contributed by atoms with Crippen LogP contribution in [0.2, 0.25) is 0 Å². The number of anilines is 2. The molecule has 0 spiro atoms. The number of piperazine rings is 1. The Labute approximate surface area is 130 Å². The van der Waals surface area contributed by atoms with Crippen molar-refractivity contribution in [3.05, 3.63) is 53.8 Å². The molecule has 2 aromatic rings. The van der Waals surface area contributed by atoms with Crippen LogP contribution in [0.3, 0.4) is 0 Å². The maximum Gasteiger partial charge on any atom is 0.146 e. The van der Waals surface area contributed by atoms with Gasteiger partial charge in [-0.15, -0.1) is 0 Å². The average molecular weight is 300 g/mol. The molecule has 1 aliphatic heterocycles. The maximum atomic E-state index is 14.1. The molecule has 0 N–H and O–H groups in total. The van der Waals surface area contributed by atoms with Gasteiger partial charge in [-0.2, -0.15) is 0 Å². The molecule has 1 fully saturated rings. The molecule has 3 rings (SSSR count). The van der Waals surface area contributed by atoms with Gasteiger partial charge in [-0.05, 0) is 36.8 Å². The third-order valence-electron chi connectivity index (χ3n) is 4.15. The Bertz CT molecular complexity index is 651. The minimum atomic E-state index is -0.134. The number of para-hydroxylation sites is 2. The largest absolute Gasteiger partial charge is 0.495 e. The second kappa shape index (κ2) is 6.26. The topological polar surface area (TPSA) is 15.7 Å². The lowest BCUT2D eigenvalue weighted by molar-refractivity contribution is 0.413. The fourth-order valence-electron chi connectivity index (χ4n) is 2.95. The normalized spacial score (nSPS) is 15.0. The van der Waals surface area contributed by atoms with Gasteiger partial charge in [0.2, 0.25) is 0 Å². The Morgan fingerprint density at radius 2 is 1.55 bits per heavy atom. The molecule has 0 radical (unpaired) electrons. The summed E-state index contributed by atoms with van der Waals surface area (Å²) in [5.74, 6) is 0.753. The number of nitrogens with zero attached hydrogens (tertiary/aromatic N) is 2. The van der Waals surface area contributed by atoms with Crippen molar-refractivity contribution in [3.63, 3.8) is 0 Å². The molecule has 0 aliphatic carbocycles. The molecule has 2 aromatic carbocycles. The SMILES string of the molecule is COc1ccccc1N1CCN(c2ccc(C)cc2F)CC1. The number of hydrogen-bond donors (Lipinski definition) is 0. The van der Waals surface area contributed by atoms with Crippen molar-refractivity contribution < 1.29 is 9.13 Å². The summed E-state index contributed by atoms with van der Waals surface area (Å²) in [7, 11) is 1.69. The van der Waals surface area contributed by atoms with E-state index in [0.29, 0.717) is 5.69 Å². The number of ether oxygens (including phenoxy) is 1.